The second-order valence-electron chi connectivity index (χ2n) is 4.32. The number of rotatable bonds is 4. The number of carbonyl (C=O) groups is 2. The van der Waals surface area contributed by atoms with Crippen LogP contribution in [-0.2, 0) is 4.79 Å². The van der Waals surface area contributed by atoms with Gasteiger partial charge in [-0.1, -0.05) is 6.07 Å². The summed E-state index contributed by atoms with van der Waals surface area (Å²) in [5, 5.41) is 11.3. The van der Waals surface area contributed by atoms with Crippen molar-refractivity contribution in [1.82, 2.24) is 9.97 Å². The Kier molecular flexibility index (Phi) is 4.40. The molecule has 0 fully saturated rings. The van der Waals surface area contributed by atoms with Crippen LogP contribution in [0, 0.1) is 6.92 Å². The fourth-order valence-corrected chi connectivity index (χ4v) is 1.72. The lowest BCUT2D eigenvalue weighted by Crippen LogP contribution is -2.12. The summed E-state index contributed by atoms with van der Waals surface area (Å²) in [4.78, 5) is 30.0. The molecule has 2 rings (SSSR count). The third kappa shape index (κ3) is 3.97. The zero-order chi connectivity index (χ0) is 15.2. The summed E-state index contributed by atoms with van der Waals surface area (Å²) in [6, 6.07) is 5.21. The van der Waals surface area contributed by atoms with Gasteiger partial charge in [-0.25, -0.2) is 14.8 Å². The standard InChI is InChI=1S/C15H13N3O3/c1-10-6-13(4-2-11(10)3-5-14(19)20)18-15(21)12-7-16-9-17-8-12/h2-9H,1H3,(H,18,21)(H,19,20)/b5-3+. The Hall–Kier alpha value is -3.02. The maximum absolute atomic E-state index is 11.9. The van der Waals surface area contributed by atoms with Gasteiger partial charge in [-0.05, 0) is 36.3 Å². The molecule has 0 bridgehead atoms. The number of benzene rings is 1. The second kappa shape index (κ2) is 6.42. The Balaban J connectivity index is 2.14. The van der Waals surface area contributed by atoms with Gasteiger partial charge < -0.3 is 10.4 Å². The number of hydrogen-bond donors (Lipinski definition) is 2. The highest BCUT2D eigenvalue weighted by Crippen LogP contribution is 2.17. The van der Waals surface area contributed by atoms with Crippen molar-refractivity contribution in [3.63, 3.8) is 0 Å². The van der Waals surface area contributed by atoms with Crippen LogP contribution < -0.4 is 5.32 Å². The number of anilines is 1. The number of carboxylic acid groups (broad SMARTS) is 1. The molecule has 2 N–H and O–H groups in total. The first-order valence-electron chi connectivity index (χ1n) is 6.14. The van der Waals surface area contributed by atoms with Crippen molar-refractivity contribution >= 4 is 23.6 Å². The van der Waals surface area contributed by atoms with E-state index in [1.807, 2.05) is 6.92 Å². The highest BCUT2D eigenvalue weighted by Gasteiger charge is 2.07. The van der Waals surface area contributed by atoms with Crippen LogP contribution in [0.3, 0.4) is 0 Å². The fraction of sp³-hybridized carbons (Fsp3) is 0.0667. The van der Waals surface area contributed by atoms with Crippen LogP contribution in [0.4, 0.5) is 5.69 Å². The minimum Gasteiger partial charge on any atom is -0.478 e. The molecule has 106 valence electrons. The third-order valence-corrected chi connectivity index (χ3v) is 2.76. The topological polar surface area (TPSA) is 92.2 Å². The molecule has 0 saturated heterocycles. The predicted molar refractivity (Wildman–Crippen MR) is 77.8 cm³/mol. The van der Waals surface area contributed by atoms with Crippen LogP contribution in [0.5, 0.6) is 0 Å². The molecule has 1 aromatic carbocycles. The van der Waals surface area contributed by atoms with Crippen molar-refractivity contribution in [1.29, 1.82) is 0 Å². The molecule has 0 aliphatic heterocycles. The van der Waals surface area contributed by atoms with Crippen LogP contribution in [0.1, 0.15) is 21.5 Å². The number of nitrogens with one attached hydrogen (secondary N) is 1. The summed E-state index contributed by atoms with van der Waals surface area (Å²) in [6.07, 6.45) is 6.79. The molecule has 0 radical (unpaired) electrons. The maximum atomic E-state index is 11.9. The van der Waals surface area contributed by atoms with E-state index in [1.165, 1.54) is 24.8 Å². The van der Waals surface area contributed by atoms with Gasteiger partial charge >= 0.3 is 5.97 Å². The van der Waals surface area contributed by atoms with E-state index in [-0.39, 0.29) is 5.91 Å². The molecule has 1 aromatic heterocycles. The molecule has 0 unspecified atom stereocenters. The highest BCUT2D eigenvalue weighted by molar-refractivity contribution is 6.03. The largest absolute Gasteiger partial charge is 0.478 e. The van der Waals surface area contributed by atoms with Crippen LogP contribution in [0.25, 0.3) is 6.08 Å². The van der Waals surface area contributed by atoms with Crippen molar-refractivity contribution in [3.05, 3.63) is 59.7 Å². The van der Waals surface area contributed by atoms with Gasteiger partial charge in [0.05, 0.1) is 5.56 Å². The van der Waals surface area contributed by atoms with E-state index in [1.54, 1.807) is 18.2 Å². The first kappa shape index (κ1) is 14.4. The van der Waals surface area contributed by atoms with Gasteiger partial charge in [0.15, 0.2) is 0 Å². The van der Waals surface area contributed by atoms with Crippen molar-refractivity contribution < 1.29 is 14.7 Å². The summed E-state index contributed by atoms with van der Waals surface area (Å²) in [5.74, 6) is -1.31. The molecule has 0 spiro atoms. The fourth-order valence-electron chi connectivity index (χ4n) is 1.72. The van der Waals surface area contributed by atoms with Crippen LogP contribution >= 0.6 is 0 Å². The lowest BCUT2D eigenvalue weighted by atomic mass is 10.1. The number of carbonyl (C=O) groups excluding carboxylic acids is 1. The molecular weight excluding hydrogens is 270 g/mol. The molecule has 21 heavy (non-hydrogen) atoms. The first-order chi connectivity index (χ1) is 10.1. The Morgan fingerprint density at radius 3 is 2.57 bits per heavy atom. The van der Waals surface area contributed by atoms with E-state index >= 15 is 0 Å². The second-order valence-corrected chi connectivity index (χ2v) is 4.32. The van der Waals surface area contributed by atoms with E-state index in [0.717, 1.165) is 17.2 Å². The highest BCUT2D eigenvalue weighted by atomic mass is 16.4. The Labute approximate surface area is 121 Å². The third-order valence-electron chi connectivity index (χ3n) is 2.76. The predicted octanol–water partition coefficient (Wildman–Crippen LogP) is 2.14. The van der Waals surface area contributed by atoms with Crippen molar-refractivity contribution in [2.24, 2.45) is 0 Å². The number of amides is 1. The molecule has 0 saturated carbocycles. The summed E-state index contributed by atoms with van der Waals surface area (Å²) in [7, 11) is 0. The monoisotopic (exact) mass is 283 g/mol. The van der Waals surface area contributed by atoms with Crippen molar-refractivity contribution in [3.8, 4) is 0 Å². The lowest BCUT2D eigenvalue weighted by Gasteiger charge is -2.07. The number of aryl methyl sites for hydroxylation is 1. The normalized spacial score (nSPS) is 10.5. The Morgan fingerprint density at radius 1 is 1.24 bits per heavy atom. The number of hydrogen-bond acceptors (Lipinski definition) is 4. The molecule has 1 heterocycles. The van der Waals surface area contributed by atoms with Gasteiger partial charge in [-0.15, -0.1) is 0 Å². The van der Waals surface area contributed by atoms with Crippen LogP contribution in [-0.4, -0.2) is 27.0 Å². The minimum absolute atomic E-state index is 0.302. The van der Waals surface area contributed by atoms with E-state index in [0.29, 0.717) is 11.3 Å². The lowest BCUT2D eigenvalue weighted by molar-refractivity contribution is -0.131. The van der Waals surface area contributed by atoms with Crippen molar-refractivity contribution in [2.45, 2.75) is 6.92 Å². The molecule has 6 heteroatoms. The molecule has 0 atom stereocenters. The number of aromatic nitrogens is 2. The molecule has 2 aromatic rings. The molecule has 0 aliphatic rings. The zero-order valence-electron chi connectivity index (χ0n) is 11.3. The summed E-state index contributed by atoms with van der Waals surface area (Å²) >= 11 is 0. The van der Waals surface area contributed by atoms with E-state index in [2.05, 4.69) is 15.3 Å². The van der Waals surface area contributed by atoms with Gasteiger partial charge in [-0.3, -0.25) is 4.79 Å². The number of carboxylic acids is 1. The molecule has 1 amide bonds. The van der Waals surface area contributed by atoms with Gasteiger partial charge in [0.25, 0.3) is 5.91 Å². The zero-order valence-corrected chi connectivity index (χ0v) is 11.3. The Bertz CT molecular complexity index is 697. The van der Waals surface area contributed by atoms with Crippen LogP contribution in [0.2, 0.25) is 0 Å². The molecule has 0 aliphatic carbocycles. The average Bonchev–Trinajstić information content (AvgIpc) is 2.47. The van der Waals surface area contributed by atoms with Gasteiger partial charge in [-0.2, -0.15) is 0 Å². The SMILES string of the molecule is Cc1cc(NC(=O)c2cncnc2)ccc1/C=C/C(=O)O. The summed E-state index contributed by atoms with van der Waals surface area (Å²) in [5.41, 5.74) is 2.62. The quantitative estimate of drug-likeness (QED) is 0.839. The van der Waals surface area contributed by atoms with E-state index in [9.17, 15) is 9.59 Å². The number of nitrogens with zero attached hydrogens (tertiary/aromatic N) is 2. The minimum atomic E-state index is -1.00. The Morgan fingerprint density at radius 2 is 1.95 bits per heavy atom. The molecule has 6 nitrogen and oxygen atoms in total. The number of aliphatic carboxylic acids is 1. The van der Waals surface area contributed by atoms with Gasteiger partial charge in [0.2, 0.25) is 0 Å². The first-order valence-corrected chi connectivity index (χ1v) is 6.14. The maximum Gasteiger partial charge on any atom is 0.328 e. The smallest absolute Gasteiger partial charge is 0.328 e. The van der Waals surface area contributed by atoms with Gasteiger partial charge in [0.1, 0.15) is 6.33 Å². The summed E-state index contributed by atoms with van der Waals surface area (Å²) < 4.78 is 0. The van der Waals surface area contributed by atoms with E-state index in [4.69, 9.17) is 5.11 Å². The van der Waals surface area contributed by atoms with Crippen molar-refractivity contribution in [2.75, 3.05) is 5.32 Å². The van der Waals surface area contributed by atoms with E-state index < -0.39 is 5.97 Å². The van der Waals surface area contributed by atoms with Gasteiger partial charge in [0, 0.05) is 24.2 Å². The average molecular weight is 283 g/mol. The summed E-state index contributed by atoms with van der Waals surface area (Å²) in [6.45, 7) is 1.84. The van der Waals surface area contributed by atoms with Crippen LogP contribution in [0.15, 0.2) is 43.0 Å². The molecular formula is C15H13N3O3.